The van der Waals surface area contributed by atoms with Crippen LogP contribution < -0.4 is 0 Å². The van der Waals surface area contributed by atoms with Crippen LogP contribution in [0.25, 0.3) is 0 Å². The molecule has 0 aliphatic heterocycles. The van der Waals surface area contributed by atoms with Crippen molar-refractivity contribution in [3.63, 3.8) is 0 Å². The molecular weight excluding hydrogens is 232 g/mol. The lowest BCUT2D eigenvalue weighted by Gasteiger charge is -2.18. The van der Waals surface area contributed by atoms with E-state index < -0.39 is 5.97 Å². The van der Waals surface area contributed by atoms with Gasteiger partial charge in [0.2, 0.25) is 0 Å². The molecule has 4 heteroatoms. The second-order valence-electron chi connectivity index (χ2n) is 4.52. The van der Waals surface area contributed by atoms with Crippen LogP contribution in [0.1, 0.15) is 65.2 Å². The number of aliphatic carboxylic acids is 1. The smallest absolute Gasteiger partial charge is 0.303 e. The van der Waals surface area contributed by atoms with Gasteiger partial charge < -0.3 is 14.6 Å². The van der Waals surface area contributed by atoms with Gasteiger partial charge in [-0.05, 0) is 12.8 Å². The molecule has 0 saturated carbocycles. The van der Waals surface area contributed by atoms with Crippen LogP contribution in [0.5, 0.6) is 0 Å². The first-order valence-electron chi connectivity index (χ1n) is 7.15. The Morgan fingerprint density at radius 3 is 1.89 bits per heavy atom. The number of hydrogen-bond acceptors (Lipinski definition) is 3. The van der Waals surface area contributed by atoms with Crippen molar-refractivity contribution in [1.29, 1.82) is 0 Å². The van der Waals surface area contributed by atoms with Crippen LogP contribution >= 0.6 is 0 Å². The van der Waals surface area contributed by atoms with Gasteiger partial charge >= 0.3 is 5.97 Å². The van der Waals surface area contributed by atoms with E-state index in [-0.39, 0.29) is 12.7 Å². The first-order chi connectivity index (χ1) is 8.70. The summed E-state index contributed by atoms with van der Waals surface area (Å²) >= 11 is 0. The molecule has 0 unspecified atom stereocenters. The molecule has 0 radical (unpaired) electrons. The van der Waals surface area contributed by atoms with Crippen molar-refractivity contribution in [2.45, 2.75) is 71.5 Å². The second-order valence-corrected chi connectivity index (χ2v) is 4.52. The van der Waals surface area contributed by atoms with Crippen molar-refractivity contribution >= 4 is 5.97 Å². The molecule has 0 amide bonds. The Labute approximate surface area is 111 Å². The number of rotatable bonds is 13. The maximum Gasteiger partial charge on any atom is 0.303 e. The highest BCUT2D eigenvalue weighted by molar-refractivity contribution is 5.66. The topological polar surface area (TPSA) is 55.8 Å². The lowest BCUT2D eigenvalue weighted by Crippen LogP contribution is -2.20. The van der Waals surface area contributed by atoms with Crippen molar-refractivity contribution in [3.8, 4) is 0 Å². The van der Waals surface area contributed by atoms with Gasteiger partial charge in [-0.15, -0.1) is 0 Å². The van der Waals surface area contributed by atoms with E-state index in [0.717, 1.165) is 38.5 Å². The van der Waals surface area contributed by atoms with Crippen molar-refractivity contribution in [2.75, 3.05) is 13.2 Å². The first kappa shape index (κ1) is 17.4. The molecule has 0 saturated heterocycles. The van der Waals surface area contributed by atoms with Gasteiger partial charge in [0, 0.05) is 19.6 Å². The Hall–Kier alpha value is -0.610. The molecule has 0 aromatic rings. The Kier molecular flexibility index (Phi) is 12.4. The minimum Gasteiger partial charge on any atom is -0.481 e. The third-order valence-electron chi connectivity index (χ3n) is 2.70. The van der Waals surface area contributed by atoms with Crippen molar-refractivity contribution < 1.29 is 19.4 Å². The molecule has 0 spiro atoms. The molecule has 108 valence electrons. The lowest BCUT2D eigenvalue weighted by molar-refractivity contribution is -0.156. The van der Waals surface area contributed by atoms with E-state index in [0.29, 0.717) is 19.6 Å². The van der Waals surface area contributed by atoms with Crippen LogP contribution in [-0.2, 0) is 14.3 Å². The molecule has 0 atom stereocenters. The molecule has 0 rings (SSSR count). The lowest BCUT2D eigenvalue weighted by atomic mass is 10.2. The summed E-state index contributed by atoms with van der Waals surface area (Å²) in [4.78, 5) is 10.5. The zero-order valence-electron chi connectivity index (χ0n) is 11.8. The monoisotopic (exact) mass is 260 g/mol. The van der Waals surface area contributed by atoms with E-state index >= 15 is 0 Å². The third-order valence-corrected chi connectivity index (χ3v) is 2.70. The first-order valence-corrected chi connectivity index (χ1v) is 7.15. The number of carbonyl (C=O) groups is 1. The van der Waals surface area contributed by atoms with Crippen molar-refractivity contribution in [2.24, 2.45) is 0 Å². The van der Waals surface area contributed by atoms with Gasteiger partial charge in [0.05, 0.1) is 6.42 Å². The molecule has 0 heterocycles. The van der Waals surface area contributed by atoms with E-state index in [9.17, 15) is 4.79 Å². The molecule has 0 aliphatic rings. The number of hydrogen-bond donors (Lipinski definition) is 1. The van der Waals surface area contributed by atoms with Crippen LogP contribution in [0.3, 0.4) is 0 Å². The van der Waals surface area contributed by atoms with Gasteiger partial charge in [0.1, 0.15) is 0 Å². The van der Waals surface area contributed by atoms with E-state index in [4.69, 9.17) is 14.6 Å². The fraction of sp³-hybridized carbons (Fsp3) is 0.929. The quantitative estimate of drug-likeness (QED) is 0.406. The summed E-state index contributed by atoms with van der Waals surface area (Å²) < 4.78 is 11.2. The summed E-state index contributed by atoms with van der Waals surface area (Å²) in [6, 6.07) is 0. The third kappa shape index (κ3) is 11.9. The highest BCUT2D eigenvalue weighted by Gasteiger charge is 2.11. The predicted octanol–water partition coefficient (Wildman–Crippen LogP) is 3.59. The average Bonchev–Trinajstić information content (AvgIpc) is 2.35. The van der Waals surface area contributed by atoms with E-state index in [1.165, 1.54) is 0 Å². The summed E-state index contributed by atoms with van der Waals surface area (Å²) in [5.74, 6) is -0.797. The van der Waals surface area contributed by atoms with E-state index in [1.54, 1.807) is 0 Å². The van der Waals surface area contributed by atoms with Crippen LogP contribution in [0.2, 0.25) is 0 Å². The highest BCUT2D eigenvalue weighted by Crippen LogP contribution is 2.08. The predicted molar refractivity (Wildman–Crippen MR) is 71.6 cm³/mol. The van der Waals surface area contributed by atoms with Crippen LogP contribution in [0.15, 0.2) is 0 Å². The molecule has 0 aliphatic carbocycles. The minimum atomic E-state index is -0.797. The molecule has 4 nitrogen and oxygen atoms in total. The molecule has 0 bridgehead atoms. The molecule has 0 aromatic heterocycles. The molecule has 1 N–H and O–H groups in total. The summed E-state index contributed by atoms with van der Waals surface area (Å²) in [7, 11) is 0. The summed E-state index contributed by atoms with van der Waals surface area (Å²) in [6.07, 6.45) is 6.80. The van der Waals surface area contributed by atoms with Crippen molar-refractivity contribution in [3.05, 3.63) is 0 Å². The second kappa shape index (κ2) is 12.8. The van der Waals surface area contributed by atoms with Gasteiger partial charge in [-0.25, -0.2) is 0 Å². The van der Waals surface area contributed by atoms with Crippen LogP contribution in [0.4, 0.5) is 0 Å². The maximum atomic E-state index is 10.5. The molecule has 0 fully saturated rings. The van der Waals surface area contributed by atoms with Crippen LogP contribution in [0, 0.1) is 0 Å². The van der Waals surface area contributed by atoms with Gasteiger partial charge in [-0.2, -0.15) is 0 Å². The fourth-order valence-electron chi connectivity index (χ4n) is 1.59. The van der Waals surface area contributed by atoms with Gasteiger partial charge in [-0.3, -0.25) is 4.79 Å². The minimum absolute atomic E-state index is 0.103. The van der Waals surface area contributed by atoms with Gasteiger partial charge in [0.25, 0.3) is 0 Å². The average molecular weight is 260 g/mol. The highest BCUT2D eigenvalue weighted by atomic mass is 16.7. The normalized spacial score (nSPS) is 11.1. The van der Waals surface area contributed by atoms with Crippen LogP contribution in [-0.4, -0.2) is 30.6 Å². The van der Waals surface area contributed by atoms with E-state index in [2.05, 4.69) is 13.8 Å². The molecular formula is C14H28O4. The summed E-state index contributed by atoms with van der Waals surface area (Å²) in [5.41, 5.74) is 0. The Bertz CT molecular complexity index is 182. The van der Waals surface area contributed by atoms with Gasteiger partial charge in [-0.1, -0.05) is 39.5 Å². The number of unbranched alkanes of at least 4 members (excludes halogenated alkanes) is 4. The standard InChI is InChI=1S/C14H28O4/c1-3-5-7-11-17-14(10-9-13(15)16)18-12-8-6-4-2/h14H,3-12H2,1-2H3,(H,15,16). The van der Waals surface area contributed by atoms with E-state index in [1.807, 2.05) is 0 Å². The van der Waals surface area contributed by atoms with Crippen molar-refractivity contribution in [1.82, 2.24) is 0 Å². The number of ether oxygens (including phenoxy) is 2. The fourth-order valence-corrected chi connectivity index (χ4v) is 1.59. The SMILES string of the molecule is CCCCCOC(CCC(=O)O)OCCCCC. The molecule has 18 heavy (non-hydrogen) atoms. The largest absolute Gasteiger partial charge is 0.481 e. The summed E-state index contributed by atoms with van der Waals surface area (Å²) in [6.45, 7) is 5.60. The zero-order chi connectivity index (χ0) is 13.6. The Morgan fingerprint density at radius 2 is 1.50 bits per heavy atom. The maximum absolute atomic E-state index is 10.5. The van der Waals surface area contributed by atoms with Gasteiger partial charge in [0.15, 0.2) is 6.29 Å². The number of carboxylic acid groups (broad SMARTS) is 1. The molecule has 0 aromatic carbocycles. The Morgan fingerprint density at radius 1 is 1.00 bits per heavy atom. The summed E-state index contributed by atoms with van der Waals surface area (Å²) in [5, 5.41) is 8.67. The zero-order valence-corrected chi connectivity index (χ0v) is 11.8. The number of carboxylic acids is 1. The Balaban J connectivity index is 3.73.